The van der Waals surface area contributed by atoms with E-state index < -0.39 is 16.4 Å². The highest BCUT2D eigenvalue weighted by atomic mass is 19.1. The molecule has 0 spiro atoms. The number of hydrogen-bond acceptors (Lipinski definition) is 8. The van der Waals surface area contributed by atoms with E-state index in [1.165, 1.54) is 30.4 Å². The van der Waals surface area contributed by atoms with Crippen LogP contribution in [0.5, 0.6) is 5.75 Å². The van der Waals surface area contributed by atoms with E-state index >= 15 is 0 Å². The molecule has 0 bridgehead atoms. The summed E-state index contributed by atoms with van der Waals surface area (Å²) in [5, 5.41) is 17.7. The number of methoxy groups -OCH3 is 1. The summed E-state index contributed by atoms with van der Waals surface area (Å²) in [6.07, 6.45) is 4.92. The largest absolute Gasteiger partial charge is 0.494 e. The monoisotopic (exact) mass is 358 g/mol. The molecule has 0 radical (unpaired) electrons. The van der Waals surface area contributed by atoms with Crippen LogP contribution in [0.15, 0.2) is 36.8 Å². The van der Waals surface area contributed by atoms with Crippen molar-refractivity contribution < 1.29 is 18.8 Å². The van der Waals surface area contributed by atoms with Gasteiger partial charge in [0.15, 0.2) is 12.1 Å². The molecular formula is C15H11FN6O4. The van der Waals surface area contributed by atoms with Crippen LogP contribution in [0, 0.1) is 15.9 Å². The number of hydrogen-bond donors (Lipinski definition) is 1. The van der Waals surface area contributed by atoms with Gasteiger partial charge in [0, 0.05) is 30.6 Å². The summed E-state index contributed by atoms with van der Waals surface area (Å²) in [5.74, 6) is -0.550. The van der Waals surface area contributed by atoms with E-state index in [-0.39, 0.29) is 17.4 Å². The number of anilines is 2. The highest BCUT2D eigenvalue weighted by Gasteiger charge is 2.19. The molecule has 11 heteroatoms. The zero-order valence-corrected chi connectivity index (χ0v) is 13.3. The van der Waals surface area contributed by atoms with E-state index in [4.69, 9.17) is 4.74 Å². The van der Waals surface area contributed by atoms with Crippen LogP contribution in [0.3, 0.4) is 0 Å². The van der Waals surface area contributed by atoms with E-state index in [0.717, 1.165) is 12.1 Å². The minimum Gasteiger partial charge on any atom is -0.494 e. The molecule has 0 aliphatic carbocycles. The molecule has 0 fully saturated rings. The molecule has 1 N–H and O–H groups in total. The first kappa shape index (κ1) is 17.0. The number of benzene rings is 1. The number of nitrogens with zero attached hydrogens (tertiary/aromatic N) is 5. The first-order chi connectivity index (χ1) is 12.5. The van der Waals surface area contributed by atoms with Gasteiger partial charge >= 0.3 is 5.69 Å². The summed E-state index contributed by atoms with van der Waals surface area (Å²) in [4.78, 5) is 29.0. The standard InChI is InChI=1S/C15H11FN6O4/c1-26-13-4-10(16)12(22(24)25)5-11(13)19-15-17-3-2-14(20-15)21-7-9(8-23)6-18-21/h2-8H,1H3,(H,17,19,20). The summed E-state index contributed by atoms with van der Waals surface area (Å²) in [6.45, 7) is 0. The van der Waals surface area contributed by atoms with Crippen LogP contribution in [-0.4, -0.2) is 38.1 Å². The molecule has 3 aromatic rings. The minimum atomic E-state index is -1.02. The molecule has 26 heavy (non-hydrogen) atoms. The molecule has 0 atom stereocenters. The second-order valence-electron chi connectivity index (χ2n) is 4.96. The molecule has 0 amide bonds. The number of nitro groups is 1. The van der Waals surface area contributed by atoms with Gasteiger partial charge in [0.1, 0.15) is 5.75 Å². The fourth-order valence-electron chi connectivity index (χ4n) is 2.13. The number of aldehydes is 1. The lowest BCUT2D eigenvalue weighted by molar-refractivity contribution is -0.387. The molecule has 132 valence electrons. The molecule has 0 saturated carbocycles. The number of carbonyl (C=O) groups excluding carboxylic acids is 1. The quantitative estimate of drug-likeness (QED) is 0.404. The fraction of sp³-hybridized carbons (Fsp3) is 0.0667. The van der Waals surface area contributed by atoms with E-state index in [0.29, 0.717) is 17.7 Å². The maximum Gasteiger partial charge on any atom is 0.307 e. The molecule has 3 rings (SSSR count). The van der Waals surface area contributed by atoms with Gasteiger partial charge in [-0.05, 0) is 0 Å². The number of nitro benzene ring substituents is 1. The molecule has 0 unspecified atom stereocenters. The maximum atomic E-state index is 13.7. The van der Waals surface area contributed by atoms with Gasteiger partial charge in [-0.25, -0.2) is 9.67 Å². The molecule has 0 saturated heterocycles. The van der Waals surface area contributed by atoms with E-state index in [1.807, 2.05) is 0 Å². The van der Waals surface area contributed by atoms with Crippen LogP contribution in [-0.2, 0) is 0 Å². The number of nitrogens with one attached hydrogen (secondary N) is 1. The first-order valence-electron chi connectivity index (χ1n) is 7.14. The SMILES string of the molecule is COc1cc(F)c([N+](=O)[O-])cc1Nc1nccc(-n2cc(C=O)cn2)n1. The number of aromatic nitrogens is 4. The van der Waals surface area contributed by atoms with E-state index in [9.17, 15) is 19.3 Å². The normalized spacial score (nSPS) is 10.4. The number of carbonyl (C=O) groups is 1. The molecule has 2 aromatic heterocycles. The first-order valence-corrected chi connectivity index (χ1v) is 7.14. The van der Waals surface area contributed by atoms with Gasteiger partial charge in [0.05, 0.1) is 29.5 Å². The van der Waals surface area contributed by atoms with Crippen LogP contribution in [0.25, 0.3) is 5.82 Å². The average molecular weight is 358 g/mol. The van der Waals surface area contributed by atoms with Crippen molar-refractivity contribution in [3.8, 4) is 11.6 Å². The maximum absolute atomic E-state index is 13.7. The van der Waals surface area contributed by atoms with Gasteiger partial charge in [0.25, 0.3) is 0 Å². The van der Waals surface area contributed by atoms with Crippen molar-refractivity contribution >= 4 is 23.6 Å². The van der Waals surface area contributed by atoms with Gasteiger partial charge in [-0.2, -0.15) is 14.5 Å². The topological polar surface area (TPSA) is 125 Å². The van der Waals surface area contributed by atoms with Crippen molar-refractivity contribution in [1.82, 2.24) is 19.7 Å². The van der Waals surface area contributed by atoms with E-state index in [1.54, 1.807) is 6.07 Å². The van der Waals surface area contributed by atoms with E-state index in [2.05, 4.69) is 20.4 Å². The van der Waals surface area contributed by atoms with Crippen molar-refractivity contribution in [1.29, 1.82) is 0 Å². The number of rotatable bonds is 6. The minimum absolute atomic E-state index is 0.0458. The van der Waals surface area contributed by atoms with Crippen LogP contribution < -0.4 is 10.1 Å². The van der Waals surface area contributed by atoms with Gasteiger partial charge in [0.2, 0.25) is 11.8 Å². The molecule has 2 heterocycles. The van der Waals surface area contributed by atoms with Crippen molar-refractivity contribution in [2.45, 2.75) is 0 Å². The summed E-state index contributed by atoms with van der Waals surface area (Å²) >= 11 is 0. The zero-order chi connectivity index (χ0) is 18.7. The van der Waals surface area contributed by atoms with Crippen molar-refractivity contribution in [2.24, 2.45) is 0 Å². The molecule has 10 nitrogen and oxygen atoms in total. The van der Waals surface area contributed by atoms with Gasteiger partial charge < -0.3 is 10.1 Å². The average Bonchev–Trinajstić information content (AvgIpc) is 3.12. The predicted molar refractivity (Wildman–Crippen MR) is 87.4 cm³/mol. The lowest BCUT2D eigenvalue weighted by Gasteiger charge is -2.11. The second kappa shape index (κ2) is 6.93. The summed E-state index contributed by atoms with van der Waals surface area (Å²) < 4.78 is 20.1. The zero-order valence-electron chi connectivity index (χ0n) is 13.3. The number of ether oxygens (including phenoxy) is 1. The Labute approximate surface area is 145 Å². The third-order valence-electron chi connectivity index (χ3n) is 3.33. The summed E-state index contributed by atoms with van der Waals surface area (Å²) in [5.41, 5.74) is -0.229. The lowest BCUT2D eigenvalue weighted by Crippen LogP contribution is -2.05. The fourth-order valence-corrected chi connectivity index (χ4v) is 2.13. The number of halogens is 1. The van der Waals surface area contributed by atoms with Crippen molar-refractivity contribution in [2.75, 3.05) is 12.4 Å². The third kappa shape index (κ3) is 3.31. The van der Waals surface area contributed by atoms with Gasteiger partial charge in [-0.3, -0.25) is 14.9 Å². The van der Waals surface area contributed by atoms with Crippen LogP contribution in [0.1, 0.15) is 10.4 Å². The molecule has 0 aliphatic rings. The van der Waals surface area contributed by atoms with Crippen molar-refractivity contribution in [3.63, 3.8) is 0 Å². The van der Waals surface area contributed by atoms with Crippen LogP contribution in [0.2, 0.25) is 0 Å². The molecule has 1 aromatic carbocycles. The smallest absolute Gasteiger partial charge is 0.307 e. The Morgan fingerprint density at radius 3 is 2.88 bits per heavy atom. The van der Waals surface area contributed by atoms with Gasteiger partial charge in [-0.1, -0.05) is 0 Å². The van der Waals surface area contributed by atoms with Crippen LogP contribution >= 0.6 is 0 Å². The Morgan fingerprint density at radius 1 is 1.42 bits per heavy atom. The third-order valence-corrected chi connectivity index (χ3v) is 3.33. The highest BCUT2D eigenvalue weighted by molar-refractivity contribution is 5.73. The predicted octanol–water partition coefficient (Wildman–Crippen LogP) is 2.27. The lowest BCUT2D eigenvalue weighted by atomic mass is 10.2. The van der Waals surface area contributed by atoms with Crippen molar-refractivity contribution in [3.05, 3.63) is 58.3 Å². The molecular weight excluding hydrogens is 347 g/mol. The molecule has 0 aliphatic heterocycles. The second-order valence-corrected chi connectivity index (χ2v) is 4.96. The Balaban J connectivity index is 1.96. The Kier molecular flexibility index (Phi) is 4.51. The van der Waals surface area contributed by atoms with Gasteiger partial charge in [-0.15, -0.1) is 0 Å². The summed E-state index contributed by atoms with van der Waals surface area (Å²) in [6, 6.07) is 3.44. The Bertz CT molecular complexity index is 990. The highest BCUT2D eigenvalue weighted by Crippen LogP contribution is 2.33. The van der Waals surface area contributed by atoms with Crippen LogP contribution in [0.4, 0.5) is 21.7 Å². The Morgan fingerprint density at radius 2 is 2.23 bits per heavy atom. The Hall–Kier alpha value is -3.89. The summed E-state index contributed by atoms with van der Waals surface area (Å²) in [7, 11) is 1.30.